The van der Waals surface area contributed by atoms with Crippen molar-refractivity contribution in [1.29, 1.82) is 0 Å². The molecule has 1 amide bonds. The number of sulfonamides is 1. The Balaban J connectivity index is 1.58. The fraction of sp³-hybridized carbons (Fsp3) is 0.269. The third kappa shape index (κ3) is 6.99. The number of amides is 1. The van der Waals surface area contributed by atoms with Crippen LogP contribution in [0, 0.1) is 6.92 Å². The minimum absolute atomic E-state index is 0.116. The van der Waals surface area contributed by atoms with E-state index in [0.717, 1.165) is 11.1 Å². The van der Waals surface area contributed by atoms with Crippen LogP contribution in [-0.4, -0.2) is 27.5 Å². The van der Waals surface area contributed by atoms with Crippen LogP contribution in [0.3, 0.4) is 0 Å². The molecule has 0 aliphatic rings. The van der Waals surface area contributed by atoms with Crippen molar-refractivity contribution in [3.8, 4) is 11.5 Å². The van der Waals surface area contributed by atoms with Gasteiger partial charge in [0, 0.05) is 17.8 Å². The van der Waals surface area contributed by atoms with Crippen molar-refractivity contribution < 1.29 is 22.7 Å². The molecule has 8 heteroatoms. The molecule has 3 aromatic carbocycles. The molecule has 34 heavy (non-hydrogen) atoms. The molecule has 0 aliphatic heterocycles. The molecule has 3 aromatic rings. The number of hydrogen-bond acceptors (Lipinski definition) is 5. The zero-order valence-electron chi connectivity index (χ0n) is 19.6. The highest BCUT2D eigenvalue weighted by molar-refractivity contribution is 7.92. The number of carbonyl (C=O) groups excluding carboxylic acids is 1. The Labute approximate surface area is 201 Å². The van der Waals surface area contributed by atoms with E-state index in [4.69, 9.17) is 9.47 Å². The topological polar surface area (TPSA) is 93.7 Å². The quantitative estimate of drug-likeness (QED) is 0.394. The lowest BCUT2D eigenvalue weighted by Crippen LogP contribution is -2.14. The lowest BCUT2D eigenvalue weighted by atomic mass is 10.1. The van der Waals surface area contributed by atoms with E-state index in [1.807, 2.05) is 45.0 Å². The molecule has 0 saturated carbocycles. The van der Waals surface area contributed by atoms with E-state index in [2.05, 4.69) is 10.0 Å². The predicted molar refractivity (Wildman–Crippen MR) is 134 cm³/mol. The van der Waals surface area contributed by atoms with Crippen LogP contribution >= 0.6 is 0 Å². The SMILES string of the molecule is CCOc1ccc(CCC(=O)Nc2ccc(S(=O)(=O)Nc3cccc(C)c3)cc2)cc1OCC. The van der Waals surface area contributed by atoms with E-state index in [1.165, 1.54) is 12.1 Å². The molecular weight excluding hydrogens is 452 g/mol. The number of anilines is 2. The number of ether oxygens (including phenoxy) is 2. The van der Waals surface area contributed by atoms with Crippen molar-refractivity contribution >= 4 is 27.3 Å². The first-order chi connectivity index (χ1) is 16.3. The average Bonchev–Trinajstić information content (AvgIpc) is 2.79. The van der Waals surface area contributed by atoms with Gasteiger partial charge in [-0.1, -0.05) is 18.2 Å². The monoisotopic (exact) mass is 482 g/mol. The van der Waals surface area contributed by atoms with E-state index in [0.29, 0.717) is 42.5 Å². The number of aryl methyl sites for hydroxylation is 2. The van der Waals surface area contributed by atoms with E-state index in [1.54, 1.807) is 30.3 Å². The van der Waals surface area contributed by atoms with Crippen molar-refractivity contribution in [1.82, 2.24) is 0 Å². The van der Waals surface area contributed by atoms with Crippen molar-refractivity contribution in [2.45, 2.75) is 38.5 Å². The Morgan fingerprint density at radius 2 is 1.56 bits per heavy atom. The van der Waals surface area contributed by atoms with Crippen LogP contribution in [0.1, 0.15) is 31.4 Å². The summed E-state index contributed by atoms with van der Waals surface area (Å²) >= 11 is 0. The molecule has 2 N–H and O–H groups in total. The van der Waals surface area contributed by atoms with Gasteiger partial charge >= 0.3 is 0 Å². The molecule has 0 saturated heterocycles. The van der Waals surface area contributed by atoms with Crippen molar-refractivity contribution in [3.05, 3.63) is 77.9 Å². The Bertz CT molecular complexity index is 1220. The molecular formula is C26H30N2O5S. The second-order valence-corrected chi connectivity index (χ2v) is 9.38. The first-order valence-corrected chi connectivity index (χ1v) is 12.7. The van der Waals surface area contributed by atoms with E-state index in [-0.39, 0.29) is 17.2 Å². The fourth-order valence-electron chi connectivity index (χ4n) is 3.37. The third-order valence-electron chi connectivity index (χ3n) is 4.97. The van der Waals surface area contributed by atoms with Crippen LogP contribution in [-0.2, 0) is 21.2 Å². The Morgan fingerprint density at radius 3 is 2.24 bits per heavy atom. The Hall–Kier alpha value is -3.52. The van der Waals surface area contributed by atoms with Gasteiger partial charge < -0.3 is 14.8 Å². The van der Waals surface area contributed by atoms with Crippen LogP contribution in [0.4, 0.5) is 11.4 Å². The summed E-state index contributed by atoms with van der Waals surface area (Å²) < 4.78 is 39.0. The van der Waals surface area contributed by atoms with E-state index >= 15 is 0 Å². The second-order valence-electron chi connectivity index (χ2n) is 7.69. The fourth-order valence-corrected chi connectivity index (χ4v) is 4.42. The van der Waals surface area contributed by atoms with Gasteiger partial charge in [0.1, 0.15) is 0 Å². The van der Waals surface area contributed by atoms with E-state index in [9.17, 15) is 13.2 Å². The number of rotatable bonds is 11. The number of nitrogens with one attached hydrogen (secondary N) is 2. The zero-order chi connectivity index (χ0) is 24.6. The number of hydrogen-bond donors (Lipinski definition) is 2. The van der Waals surface area contributed by atoms with Gasteiger partial charge in [-0.25, -0.2) is 8.42 Å². The highest BCUT2D eigenvalue weighted by atomic mass is 32.2. The Morgan fingerprint density at radius 1 is 0.853 bits per heavy atom. The average molecular weight is 483 g/mol. The van der Waals surface area contributed by atoms with Crippen molar-refractivity contribution in [2.75, 3.05) is 23.3 Å². The lowest BCUT2D eigenvalue weighted by molar-refractivity contribution is -0.116. The minimum Gasteiger partial charge on any atom is -0.490 e. The molecule has 7 nitrogen and oxygen atoms in total. The summed E-state index contributed by atoms with van der Waals surface area (Å²) in [4.78, 5) is 12.5. The van der Waals surface area contributed by atoms with Gasteiger partial charge in [0.25, 0.3) is 10.0 Å². The molecule has 0 aliphatic carbocycles. The van der Waals surface area contributed by atoms with Crippen molar-refractivity contribution in [2.24, 2.45) is 0 Å². The van der Waals surface area contributed by atoms with Gasteiger partial charge in [0.2, 0.25) is 5.91 Å². The minimum atomic E-state index is -3.72. The summed E-state index contributed by atoms with van der Waals surface area (Å²) in [6.45, 7) is 6.78. The van der Waals surface area contributed by atoms with Gasteiger partial charge in [0.05, 0.1) is 18.1 Å². The molecule has 0 aromatic heterocycles. The molecule has 0 spiro atoms. The van der Waals surface area contributed by atoms with Gasteiger partial charge in [-0.05, 0) is 86.8 Å². The summed E-state index contributed by atoms with van der Waals surface area (Å²) in [6.07, 6.45) is 0.805. The molecule has 0 radical (unpaired) electrons. The number of carbonyl (C=O) groups is 1. The molecule has 0 fully saturated rings. The molecule has 0 unspecified atom stereocenters. The summed E-state index contributed by atoms with van der Waals surface area (Å²) in [6, 6.07) is 18.9. The normalized spacial score (nSPS) is 11.0. The second kappa shape index (κ2) is 11.6. The first kappa shape index (κ1) is 25.1. The maximum atomic E-state index is 12.6. The summed E-state index contributed by atoms with van der Waals surface area (Å²) in [5, 5.41) is 2.81. The first-order valence-electron chi connectivity index (χ1n) is 11.2. The molecule has 0 heterocycles. The van der Waals surface area contributed by atoms with Gasteiger partial charge in [-0.2, -0.15) is 0 Å². The Kier molecular flexibility index (Phi) is 8.54. The van der Waals surface area contributed by atoms with Gasteiger partial charge in [-0.3, -0.25) is 9.52 Å². The molecule has 3 rings (SSSR count). The number of benzene rings is 3. The van der Waals surface area contributed by atoms with Gasteiger partial charge in [-0.15, -0.1) is 0 Å². The largest absolute Gasteiger partial charge is 0.490 e. The summed E-state index contributed by atoms with van der Waals surface area (Å²) in [5.74, 6) is 1.18. The van der Waals surface area contributed by atoms with Crippen molar-refractivity contribution in [3.63, 3.8) is 0 Å². The zero-order valence-corrected chi connectivity index (χ0v) is 20.4. The standard InChI is InChI=1S/C26H30N2O5S/c1-4-32-24-15-9-20(18-25(24)33-5-2)10-16-26(29)27-21-11-13-23(14-12-21)34(30,31)28-22-8-6-7-19(3)17-22/h6-9,11-15,17-18,28H,4-5,10,16H2,1-3H3,(H,27,29). The third-order valence-corrected chi connectivity index (χ3v) is 6.36. The molecule has 180 valence electrons. The lowest BCUT2D eigenvalue weighted by Gasteiger charge is -2.12. The smallest absolute Gasteiger partial charge is 0.261 e. The summed E-state index contributed by atoms with van der Waals surface area (Å²) in [7, 11) is -3.72. The van der Waals surface area contributed by atoms with Crippen LogP contribution < -0.4 is 19.5 Å². The van der Waals surface area contributed by atoms with Crippen LogP contribution in [0.5, 0.6) is 11.5 Å². The van der Waals surface area contributed by atoms with Gasteiger partial charge in [0.15, 0.2) is 11.5 Å². The van der Waals surface area contributed by atoms with Crippen LogP contribution in [0.2, 0.25) is 0 Å². The van der Waals surface area contributed by atoms with E-state index < -0.39 is 10.0 Å². The maximum absolute atomic E-state index is 12.6. The summed E-state index contributed by atoms with van der Waals surface area (Å²) in [5.41, 5.74) is 2.95. The molecule has 0 atom stereocenters. The maximum Gasteiger partial charge on any atom is 0.261 e. The highest BCUT2D eigenvalue weighted by Gasteiger charge is 2.15. The predicted octanol–water partition coefficient (Wildman–Crippen LogP) is 5.16. The highest BCUT2D eigenvalue weighted by Crippen LogP contribution is 2.29. The molecule has 0 bridgehead atoms. The van der Waals surface area contributed by atoms with Crippen LogP contribution in [0.15, 0.2) is 71.6 Å². The van der Waals surface area contributed by atoms with Crippen LogP contribution in [0.25, 0.3) is 0 Å².